The highest BCUT2D eigenvalue weighted by Crippen LogP contribution is 2.22. The number of hydrogen-bond donors (Lipinski definition) is 0. The minimum atomic E-state index is -0.472. The SMILES string of the molecule is CC(C)=CCCC(C)=CCC(CC=C(C)CCC=C(C)C)C(=O)Oc1ccc([N+](=O)[O-])cc1. The predicted molar refractivity (Wildman–Crippen MR) is 136 cm³/mol. The van der Waals surface area contributed by atoms with Crippen LogP contribution in [0.3, 0.4) is 0 Å². The van der Waals surface area contributed by atoms with Crippen LogP contribution in [0.15, 0.2) is 70.9 Å². The summed E-state index contributed by atoms with van der Waals surface area (Å²) in [6.07, 6.45) is 13.8. The number of hydrogen-bond acceptors (Lipinski definition) is 4. The van der Waals surface area contributed by atoms with Crippen molar-refractivity contribution < 1.29 is 14.5 Å². The van der Waals surface area contributed by atoms with Crippen molar-refractivity contribution in [1.29, 1.82) is 0 Å². The third-order valence-electron chi connectivity index (χ3n) is 5.28. The van der Waals surface area contributed by atoms with Crippen LogP contribution in [0.2, 0.25) is 0 Å². The van der Waals surface area contributed by atoms with Crippen LogP contribution in [-0.4, -0.2) is 10.9 Å². The molecule has 0 heterocycles. The molecule has 0 amide bonds. The first kappa shape index (κ1) is 28.1. The van der Waals surface area contributed by atoms with E-state index in [4.69, 9.17) is 4.74 Å². The Hall–Kier alpha value is -2.95. The number of carbonyl (C=O) groups excluding carboxylic acids is 1. The first-order valence-electron chi connectivity index (χ1n) is 11.6. The van der Waals surface area contributed by atoms with Gasteiger partial charge in [-0.3, -0.25) is 14.9 Å². The number of ether oxygens (including phenoxy) is 1. The molecule has 1 aromatic carbocycles. The zero-order valence-corrected chi connectivity index (χ0v) is 21.0. The van der Waals surface area contributed by atoms with E-state index in [0.29, 0.717) is 18.6 Å². The van der Waals surface area contributed by atoms with Crippen LogP contribution >= 0.6 is 0 Å². The Morgan fingerprint density at radius 1 is 0.848 bits per heavy atom. The van der Waals surface area contributed by atoms with Crippen molar-refractivity contribution in [1.82, 2.24) is 0 Å². The van der Waals surface area contributed by atoms with Crippen molar-refractivity contribution in [3.05, 3.63) is 81.0 Å². The molecular formula is C28H39NO4. The van der Waals surface area contributed by atoms with E-state index in [-0.39, 0.29) is 17.6 Å². The van der Waals surface area contributed by atoms with E-state index in [0.717, 1.165) is 25.7 Å². The van der Waals surface area contributed by atoms with Crippen molar-refractivity contribution in [2.75, 3.05) is 0 Å². The predicted octanol–water partition coefficient (Wildman–Crippen LogP) is 8.28. The van der Waals surface area contributed by atoms with Gasteiger partial charge in [0.1, 0.15) is 5.75 Å². The molecule has 0 spiro atoms. The topological polar surface area (TPSA) is 69.4 Å². The van der Waals surface area contributed by atoms with Crippen molar-refractivity contribution in [2.45, 2.75) is 80.1 Å². The second-order valence-corrected chi connectivity index (χ2v) is 9.08. The molecule has 0 radical (unpaired) electrons. The fourth-order valence-electron chi connectivity index (χ4n) is 3.19. The van der Waals surface area contributed by atoms with Crippen LogP contribution in [0.1, 0.15) is 80.1 Å². The number of allylic oxidation sites excluding steroid dienone is 8. The highest BCUT2D eigenvalue weighted by molar-refractivity contribution is 5.75. The first-order valence-corrected chi connectivity index (χ1v) is 11.6. The molecular weight excluding hydrogens is 414 g/mol. The third kappa shape index (κ3) is 12.6. The van der Waals surface area contributed by atoms with Crippen LogP contribution < -0.4 is 4.74 Å². The highest BCUT2D eigenvalue weighted by Gasteiger charge is 2.19. The van der Waals surface area contributed by atoms with Crippen LogP contribution in [-0.2, 0) is 4.79 Å². The van der Waals surface area contributed by atoms with Crippen molar-refractivity contribution in [3.8, 4) is 5.75 Å². The maximum absolute atomic E-state index is 12.9. The normalized spacial score (nSPS) is 12.7. The number of esters is 1. The molecule has 0 aromatic heterocycles. The van der Waals surface area contributed by atoms with E-state index >= 15 is 0 Å². The van der Waals surface area contributed by atoms with Gasteiger partial charge in [-0.1, -0.05) is 46.6 Å². The molecule has 0 aliphatic carbocycles. The summed E-state index contributed by atoms with van der Waals surface area (Å²) in [7, 11) is 0. The van der Waals surface area contributed by atoms with Gasteiger partial charge in [-0.05, 0) is 92.2 Å². The summed E-state index contributed by atoms with van der Waals surface area (Å²) in [5, 5.41) is 10.8. The highest BCUT2D eigenvalue weighted by atomic mass is 16.6. The van der Waals surface area contributed by atoms with Gasteiger partial charge < -0.3 is 4.74 Å². The molecule has 180 valence electrons. The van der Waals surface area contributed by atoms with Gasteiger partial charge in [0.05, 0.1) is 10.8 Å². The lowest BCUT2D eigenvalue weighted by molar-refractivity contribution is -0.384. The number of nitro benzene ring substituents is 1. The maximum Gasteiger partial charge on any atom is 0.314 e. The molecule has 0 bridgehead atoms. The van der Waals surface area contributed by atoms with Gasteiger partial charge in [-0.2, -0.15) is 0 Å². The van der Waals surface area contributed by atoms with Gasteiger partial charge in [0.25, 0.3) is 5.69 Å². The Bertz CT molecular complexity index is 856. The van der Waals surface area contributed by atoms with E-state index in [1.807, 2.05) is 0 Å². The van der Waals surface area contributed by atoms with Gasteiger partial charge in [0.15, 0.2) is 0 Å². The second-order valence-electron chi connectivity index (χ2n) is 9.08. The van der Waals surface area contributed by atoms with E-state index in [1.54, 1.807) is 0 Å². The molecule has 1 rings (SSSR count). The lowest BCUT2D eigenvalue weighted by atomic mass is 9.96. The summed E-state index contributed by atoms with van der Waals surface area (Å²) in [6, 6.07) is 5.62. The number of nitro groups is 1. The van der Waals surface area contributed by atoms with Gasteiger partial charge in [-0.15, -0.1) is 0 Å². The molecule has 33 heavy (non-hydrogen) atoms. The number of benzene rings is 1. The summed E-state index contributed by atoms with van der Waals surface area (Å²) in [5.74, 6) is -0.299. The zero-order chi connectivity index (χ0) is 24.8. The van der Waals surface area contributed by atoms with E-state index in [9.17, 15) is 14.9 Å². The van der Waals surface area contributed by atoms with E-state index in [1.165, 1.54) is 46.6 Å². The Morgan fingerprint density at radius 2 is 1.30 bits per heavy atom. The fraction of sp³-hybridized carbons (Fsp3) is 0.464. The first-order chi connectivity index (χ1) is 15.6. The minimum Gasteiger partial charge on any atom is -0.426 e. The Morgan fingerprint density at radius 3 is 1.70 bits per heavy atom. The van der Waals surface area contributed by atoms with Crippen LogP contribution in [0.5, 0.6) is 5.75 Å². The van der Waals surface area contributed by atoms with Gasteiger partial charge >= 0.3 is 5.97 Å². The fourth-order valence-corrected chi connectivity index (χ4v) is 3.19. The van der Waals surface area contributed by atoms with E-state index in [2.05, 4.69) is 65.8 Å². The Kier molecular flexibility index (Phi) is 12.8. The maximum atomic E-state index is 12.9. The summed E-state index contributed by atoms with van der Waals surface area (Å²) < 4.78 is 5.56. The largest absolute Gasteiger partial charge is 0.426 e. The minimum absolute atomic E-state index is 0.0313. The average molecular weight is 454 g/mol. The molecule has 0 atom stereocenters. The monoisotopic (exact) mass is 453 g/mol. The molecule has 5 nitrogen and oxygen atoms in total. The molecule has 0 unspecified atom stereocenters. The molecule has 5 heteroatoms. The standard InChI is InChI=1S/C28H39NO4/c1-21(2)9-7-11-23(5)13-15-25(16-14-24(6)12-8-10-22(3)4)28(30)33-27-19-17-26(18-20-27)29(31)32/h9-10,13-14,17-20,25H,7-8,11-12,15-16H2,1-6H3. The van der Waals surface area contributed by atoms with Crippen molar-refractivity contribution in [2.24, 2.45) is 5.92 Å². The Balaban J connectivity index is 2.88. The van der Waals surface area contributed by atoms with Crippen molar-refractivity contribution >= 4 is 11.7 Å². The quantitative estimate of drug-likeness (QED) is 0.0990. The summed E-state index contributed by atoms with van der Waals surface area (Å²) >= 11 is 0. The molecule has 0 N–H and O–H groups in total. The number of non-ortho nitro benzene ring substituents is 1. The van der Waals surface area contributed by atoms with Crippen LogP contribution in [0.25, 0.3) is 0 Å². The summed E-state index contributed by atoms with van der Waals surface area (Å²) in [4.78, 5) is 23.3. The smallest absolute Gasteiger partial charge is 0.314 e. The lowest BCUT2D eigenvalue weighted by Crippen LogP contribution is -2.20. The van der Waals surface area contributed by atoms with Gasteiger partial charge in [0.2, 0.25) is 0 Å². The van der Waals surface area contributed by atoms with Crippen LogP contribution in [0, 0.1) is 16.0 Å². The molecule has 0 saturated heterocycles. The molecule has 0 saturated carbocycles. The molecule has 0 aliphatic heterocycles. The van der Waals surface area contributed by atoms with E-state index < -0.39 is 4.92 Å². The van der Waals surface area contributed by atoms with Crippen LogP contribution in [0.4, 0.5) is 5.69 Å². The molecule has 0 aliphatic rings. The lowest BCUT2D eigenvalue weighted by Gasteiger charge is -2.14. The number of rotatable bonds is 13. The van der Waals surface area contributed by atoms with Gasteiger partial charge in [0, 0.05) is 12.1 Å². The zero-order valence-electron chi connectivity index (χ0n) is 21.0. The summed E-state index contributed by atoms with van der Waals surface area (Å²) in [6.45, 7) is 12.6. The second kappa shape index (κ2) is 15.0. The number of carbonyl (C=O) groups is 1. The summed E-state index contributed by atoms with van der Waals surface area (Å²) in [5.41, 5.74) is 5.09. The van der Waals surface area contributed by atoms with Gasteiger partial charge in [-0.25, -0.2) is 0 Å². The molecule has 0 fully saturated rings. The third-order valence-corrected chi connectivity index (χ3v) is 5.28. The van der Waals surface area contributed by atoms with Crippen molar-refractivity contribution in [3.63, 3.8) is 0 Å². The molecule has 1 aromatic rings. The average Bonchev–Trinajstić information content (AvgIpc) is 2.73. The Labute approximate surface area is 199 Å². The number of nitrogens with zero attached hydrogens (tertiary/aromatic N) is 1.